The molecule has 1 aromatic carbocycles. The molecular formula is C11H9N7O3S. The molecule has 0 amide bonds. The number of anilines is 1. The van der Waals surface area contributed by atoms with Crippen LogP contribution >= 0.6 is 11.8 Å². The van der Waals surface area contributed by atoms with E-state index in [9.17, 15) is 10.0 Å². The molecule has 0 aliphatic heterocycles. The summed E-state index contributed by atoms with van der Waals surface area (Å²) < 4.78 is 5.75. The fourth-order valence-electron chi connectivity index (χ4n) is 1.65. The van der Waals surface area contributed by atoms with Crippen LogP contribution in [0.3, 0.4) is 0 Å². The van der Waals surface area contributed by atoms with Crippen LogP contribution in [-0.2, 0) is 0 Å². The van der Waals surface area contributed by atoms with Crippen molar-refractivity contribution >= 4 is 23.4 Å². The number of tetrazole rings is 1. The van der Waals surface area contributed by atoms with Gasteiger partial charge in [0.2, 0.25) is 10.9 Å². The predicted octanol–water partition coefficient (Wildman–Crippen LogP) is -0.159. The molecule has 0 bridgehead atoms. The smallest absolute Gasteiger partial charge is 0.303 e. The third-order valence-electron chi connectivity index (χ3n) is 2.68. The summed E-state index contributed by atoms with van der Waals surface area (Å²) in [6.45, 7) is 0. The van der Waals surface area contributed by atoms with E-state index in [1.807, 2.05) is 30.3 Å². The third kappa shape index (κ3) is 2.61. The number of nitrogens with two attached hydrogens (primary N) is 1. The van der Waals surface area contributed by atoms with Crippen molar-refractivity contribution in [1.29, 1.82) is 0 Å². The zero-order chi connectivity index (χ0) is 15.5. The van der Waals surface area contributed by atoms with Crippen LogP contribution in [0.2, 0.25) is 0 Å². The second kappa shape index (κ2) is 5.81. The Morgan fingerprint density at radius 1 is 1.41 bits per heavy atom. The van der Waals surface area contributed by atoms with E-state index in [0.717, 1.165) is 17.4 Å². The number of nitrogen functional groups attached to an aromatic ring is 1. The highest BCUT2D eigenvalue weighted by molar-refractivity contribution is 7.99. The zero-order valence-corrected chi connectivity index (χ0v) is 11.8. The average Bonchev–Trinajstić information content (AvgIpc) is 3.14. The van der Waals surface area contributed by atoms with Crippen LogP contribution in [0.5, 0.6) is 0 Å². The quantitative estimate of drug-likeness (QED) is 0.386. The van der Waals surface area contributed by atoms with Gasteiger partial charge in [0.15, 0.2) is 0 Å². The molecule has 0 aliphatic carbocycles. The molecule has 2 aromatic heterocycles. The maximum Gasteiger partial charge on any atom is 0.303 e. The minimum absolute atomic E-state index is 0.0219. The first-order chi connectivity index (χ1) is 10.7. The minimum atomic E-state index is -0.455. The van der Waals surface area contributed by atoms with E-state index in [-0.39, 0.29) is 22.2 Å². The van der Waals surface area contributed by atoms with Crippen LogP contribution in [0.1, 0.15) is 10.5 Å². The molecule has 0 saturated heterocycles. The Morgan fingerprint density at radius 3 is 2.86 bits per heavy atom. The van der Waals surface area contributed by atoms with Crippen LogP contribution in [0.15, 0.2) is 40.1 Å². The molecule has 2 N–H and O–H groups in total. The second-order valence-electron chi connectivity index (χ2n) is 4.08. The number of para-hydroxylation sites is 1. The average molecular weight is 319 g/mol. The number of hydrogen-bond donors (Lipinski definition) is 1. The van der Waals surface area contributed by atoms with E-state index in [2.05, 4.69) is 25.3 Å². The summed E-state index contributed by atoms with van der Waals surface area (Å²) >= 11 is 1.10. The van der Waals surface area contributed by atoms with Crippen molar-refractivity contribution in [3.05, 3.63) is 41.2 Å². The number of hydrogen-bond acceptors (Lipinski definition) is 9. The van der Waals surface area contributed by atoms with Gasteiger partial charge in [-0.3, -0.25) is 4.79 Å². The van der Waals surface area contributed by atoms with Gasteiger partial charge in [0.1, 0.15) is 0 Å². The highest BCUT2D eigenvalue weighted by atomic mass is 32.2. The van der Waals surface area contributed by atoms with Gasteiger partial charge in [0.05, 0.1) is 11.4 Å². The normalized spacial score (nSPS) is 10.7. The van der Waals surface area contributed by atoms with Crippen LogP contribution in [0.25, 0.3) is 5.69 Å². The number of aromatic nitrogens is 6. The summed E-state index contributed by atoms with van der Waals surface area (Å²) in [5.41, 5.74) is 5.95. The van der Waals surface area contributed by atoms with E-state index in [1.165, 1.54) is 4.68 Å². The molecule has 10 nitrogen and oxygen atoms in total. The third-order valence-corrected chi connectivity index (χ3v) is 3.60. The summed E-state index contributed by atoms with van der Waals surface area (Å²) in [6, 6.07) is 9.23. The van der Waals surface area contributed by atoms with Crippen LogP contribution in [-0.4, -0.2) is 36.9 Å². The molecule has 0 fully saturated rings. The van der Waals surface area contributed by atoms with Crippen LogP contribution < -0.4 is 10.6 Å². The number of nitrogens with zero attached hydrogens (tertiary/aromatic N) is 6. The topological polar surface area (TPSA) is 140 Å². The SMILES string of the molecule is Nc1c(C(=O)CSc2nnnn2-c2ccccc2)no[n+]1[O-]. The number of rotatable bonds is 5. The maximum absolute atomic E-state index is 12.0. The Bertz CT molecular complexity index is 801. The van der Waals surface area contributed by atoms with Crippen LogP contribution in [0, 0.1) is 5.21 Å². The van der Waals surface area contributed by atoms with Gasteiger partial charge in [-0.15, -0.1) is 5.10 Å². The Balaban J connectivity index is 1.74. The minimum Gasteiger partial charge on any atom is -0.391 e. The van der Waals surface area contributed by atoms with Gasteiger partial charge in [0.25, 0.3) is 5.69 Å². The Morgan fingerprint density at radius 2 is 2.18 bits per heavy atom. The summed E-state index contributed by atoms with van der Waals surface area (Å²) in [5.74, 6) is -0.860. The molecule has 3 rings (SSSR count). The molecule has 0 aliphatic rings. The van der Waals surface area contributed by atoms with Crippen molar-refractivity contribution in [3.63, 3.8) is 0 Å². The predicted molar refractivity (Wildman–Crippen MR) is 74.1 cm³/mol. The largest absolute Gasteiger partial charge is 0.391 e. The van der Waals surface area contributed by atoms with E-state index in [1.54, 1.807) is 0 Å². The van der Waals surface area contributed by atoms with E-state index in [0.29, 0.717) is 5.16 Å². The maximum atomic E-state index is 12.0. The van der Waals surface area contributed by atoms with E-state index < -0.39 is 5.78 Å². The Hall–Kier alpha value is -2.95. The van der Waals surface area contributed by atoms with Gasteiger partial charge in [-0.1, -0.05) is 34.9 Å². The number of carbonyl (C=O) groups excluding carboxylic acids is 1. The summed E-state index contributed by atoms with van der Waals surface area (Å²) in [5, 5.41) is 26.1. The molecule has 0 radical (unpaired) electrons. The standard InChI is InChI=1S/C11H9N7O3S/c12-10-9(14-21-18(10)20)8(19)6-22-11-13-15-16-17(11)7-4-2-1-3-5-7/h1-5H,6,12H2. The molecule has 0 spiro atoms. The molecule has 2 heterocycles. The molecule has 0 saturated carbocycles. The van der Waals surface area contributed by atoms with E-state index in [4.69, 9.17) is 5.73 Å². The van der Waals surface area contributed by atoms with E-state index >= 15 is 0 Å². The van der Waals surface area contributed by atoms with Gasteiger partial charge in [-0.05, 0) is 27.7 Å². The summed E-state index contributed by atoms with van der Waals surface area (Å²) in [6.07, 6.45) is 0. The van der Waals surface area contributed by atoms with Gasteiger partial charge in [-0.2, -0.15) is 4.68 Å². The lowest BCUT2D eigenvalue weighted by Crippen LogP contribution is -2.27. The second-order valence-corrected chi connectivity index (χ2v) is 5.03. The highest BCUT2D eigenvalue weighted by Crippen LogP contribution is 2.19. The van der Waals surface area contributed by atoms with Crippen molar-refractivity contribution in [2.24, 2.45) is 0 Å². The van der Waals surface area contributed by atoms with Crippen molar-refractivity contribution in [2.75, 3.05) is 11.5 Å². The van der Waals surface area contributed by atoms with Crippen LogP contribution in [0.4, 0.5) is 5.82 Å². The first-order valence-corrected chi connectivity index (χ1v) is 7.00. The fraction of sp³-hybridized carbons (Fsp3) is 0.0909. The molecular weight excluding hydrogens is 310 g/mol. The number of Topliss-reactive ketones (excluding diaryl/α,β-unsaturated/α-hetero) is 1. The summed E-state index contributed by atoms with van der Waals surface area (Å²) in [4.78, 5) is 11.9. The molecule has 112 valence electrons. The van der Waals surface area contributed by atoms with Crippen molar-refractivity contribution in [2.45, 2.75) is 5.16 Å². The lowest BCUT2D eigenvalue weighted by atomic mass is 10.3. The first-order valence-electron chi connectivity index (χ1n) is 6.02. The Kier molecular flexibility index (Phi) is 3.70. The van der Waals surface area contributed by atoms with Crippen molar-refractivity contribution in [1.82, 2.24) is 25.4 Å². The summed E-state index contributed by atoms with van der Waals surface area (Å²) in [7, 11) is 0. The highest BCUT2D eigenvalue weighted by Gasteiger charge is 2.23. The number of carbonyl (C=O) groups is 1. The lowest BCUT2D eigenvalue weighted by Gasteiger charge is -2.02. The molecule has 11 heteroatoms. The monoisotopic (exact) mass is 319 g/mol. The number of thioether (sulfide) groups is 1. The number of ketones is 1. The molecule has 22 heavy (non-hydrogen) atoms. The molecule has 3 aromatic rings. The first kappa shape index (κ1) is 14.0. The Labute approximate surface area is 127 Å². The lowest BCUT2D eigenvalue weighted by molar-refractivity contribution is -0.790. The van der Waals surface area contributed by atoms with Gasteiger partial charge < -0.3 is 15.6 Å². The van der Waals surface area contributed by atoms with Crippen molar-refractivity contribution in [3.8, 4) is 5.69 Å². The molecule has 0 atom stereocenters. The van der Waals surface area contributed by atoms with Gasteiger partial charge in [-0.25, -0.2) is 0 Å². The zero-order valence-electron chi connectivity index (χ0n) is 11.0. The van der Waals surface area contributed by atoms with Crippen molar-refractivity contribution < 1.29 is 14.3 Å². The fourth-order valence-corrected chi connectivity index (χ4v) is 2.40. The van der Waals surface area contributed by atoms with Gasteiger partial charge >= 0.3 is 5.82 Å². The number of benzene rings is 1. The van der Waals surface area contributed by atoms with Gasteiger partial charge in [0, 0.05) is 0 Å². The molecule has 0 unspecified atom stereocenters.